The summed E-state index contributed by atoms with van der Waals surface area (Å²) < 4.78 is 0. The minimum absolute atomic E-state index is 0.102. The molecular weight excluding hydrogens is 152 g/mol. The van der Waals surface area contributed by atoms with Gasteiger partial charge in [-0.15, -0.1) is 0 Å². The minimum Gasteiger partial charge on any atom is -0.335 e. The summed E-state index contributed by atoms with van der Waals surface area (Å²) in [5, 5.41) is 0. The number of nitrogens with two attached hydrogens (primary N) is 1. The second kappa shape index (κ2) is 4.26. The Labute approximate surface area is 73.2 Å². The molecule has 1 heterocycles. The third kappa shape index (κ3) is 1.85. The van der Waals surface area contributed by atoms with Crippen molar-refractivity contribution in [2.24, 2.45) is 5.73 Å². The van der Waals surface area contributed by atoms with Crippen LogP contribution in [0.1, 0.15) is 19.8 Å². The average molecular weight is 168 g/mol. The van der Waals surface area contributed by atoms with Crippen LogP contribution in [0.5, 0.6) is 0 Å². The van der Waals surface area contributed by atoms with Gasteiger partial charge >= 0.3 is 0 Å². The van der Waals surface area contributed by atoms with Gasteiger partial charge in [0.25, 0.3) is 0 Å². The highest BCUT2D eigenvalue weighted by Crippen LogP contribution is 2.16. The van der Waals surface area contributed by atoms with Crippen molar-refractivity contribution in [3.05, 3.63) is 12.2 Å². The third-order valence-corrected chi connectivity index (χ3v) is 2.24. The van der Waals surface area contributed by atoms with Crippen LogP contribution in [0.3, 0.4) is 0 Å². The first-order chi connectivity index (χ1) is 5.79. The number of rotatable bonds is 2. The van der Waals surface area contributed by atoms with Crippen molar-refractivity contribution < 1.29 is 4.79 Å². The van der Waals surface area contributed by atoms with Crippen molar-refractivity contribution >= 4 is 5.91 Å². The molecule has 0 aromatic heterocycles. The molecule has 1 atom stereocenters. The summed E-state index contributed by atoms with van der Waals surface area (Å²) in [6.45, 7) is 3.31. The molecule has 1 saturated heterocycles. The fourth-order valence-corrected chi connectivity index (χ4v) is 1.61. The van der Waals surface area contributed by atoms with Gasteiger partial charge in [0.1, 0.15) is 0 Å². The van der Waals surface area contributed by atoms with Crippen LogP contribution < -0.4 is 5.73 Å². The Morgan fingerprint density at radius 3 is 3.08 bits per heavy atom. The molecule has 0 aromatic rings. The average Bonchev–Trinajstić information content (AvgIpc) is 2.51. The van der Waals surface area contributed by atoms with E-state index in [-0.39, 0.29) is 11.9 Å². The van der Waals surface area contributed by atoms with Gasteiger partial charge in [0.15, 0.2) is 0 Å². The molecule has 0 aliphatic carbocycles. The van der Waals surface area contributed by atoms with Crippen LogP contribution in [-0.4, -0.2) is 29.9 Å². The Hall–Kier alpha value is -0.830. The lowest BCUT2D eigenvalue weighted by Gasteiger charge is -2.21. The summed E-state index contributed by atoms with van der Waals surface area (Å²) in [6.07, 6.45) is 5.52. The summed E-state index contributed by atoms with van der Waals surface area (Å²) in [7, 11) is 0. The molecule has 0 bridgehead atoms. The maximum absolute atomic E-state index is 11.4. The van der Waals surface area contributed by atoms with Gasteiger partial charge in [0.05, 0.1) is 0 Å². The monoisotopic (exact) mass is 168 g/mol. The summed E-state index contributed by atoms with van der Waals surface area (Å²) in [4.78, 5) is 13.3. The van der Waals surface area contributed by atoms with E-state index >= 15 is 0 Å². The molecular formula is C9H16N2O. The zero-order valence-electron chi connectivity index (χ0n) is 7.49. The van der Waals surface area contributed by atoms with E-state index in [0.717, 1.165) is 19.4 Å². The minimum atomic E-state index is 0.102. The van der Waals surface area contributed by atoms with Crippen LogP contribution in [0.25, 0.3) is 0 Å². The van der Waals surface area contributed by atoms with E-state index in [1.807, 2.05) is 11.8 Å². The van der Waals surface area contributed by atoms with Crippen LogP contribution in [-0.2, 0) is 4.79 Å². The van der Waals surface area contributed by atoms with Crippen molar-refractivity contribution in [2.45, 2.75) is 25.8 Å². The zero-order chi connectivity index (χ0) is 8.97. The molecule has 12 heavy (non-hydrogen) atoms. The number of allylic oxidation sites excluding steroid dienone is 1. The number of hydrogen-bond donors (Lipinski definition) is 1. The summed E-state index contributed by atoms with van der Waals surface area (Å²) in [5.74, 6) is 0.102. The lowest BCUT2D eigenvalue weighted by molar-refractivity contribution is -0.126. The van der Waals surface area contributed by atoms with Gasteiger partial charge in [0, 0.05) is 19.1 Å². The summed E-state index contributed by atoms with van der Waals surface area (Å²) >= 11 is 0. The second-order valence-electron chi connectivity index (χ2n) is 3.06. The molecule has 3 heteroatoms. The Morgan fingerprint density at radius 2 is 2.50 bits per heavy atom. The maximum atomic E-state index is 11.4. The van der Waals surface area contributed by atoms with Gasteiger partial charge in [-0.3, -0.25) is 4.79 Å². The van der Waals surface area contributed by atoms with Crippen molar-refractivity contribution in [1.29, 1.82) is 0 Å². The SMILES string of the molecule is C/C=C/C(=O)N1CCCC1CN. The fourth-order valence-electron chi connectivity index (χ4n) is 1.61. The zero-order valence-corrected chi connectivity index (χ0v) is 7.49. The van der Waals surface area contributed by atoms with E-state index in [2.05, 4.69) is 0 Å². The first kappa shape index (κ1) is 9.26. The van der Waals surface area contributed by atoms with Crippen LogP contribution in [0, 0.1) is 0 Å². The van der Waals surface area contributed by atoms with Crippen molar-refractivity contribution in [3.63, 3.8) is 0 Å². The largest absolute Gasteiger partial charge is 0.335 e. The molecule has 0 spiro atoms. The van der Waals surface area contributed by atoms with Crippen molar-refractivity contribution in [3.8, 4) is 0 Å². The highest BCUT2D eigenvalue weighted by Gasteiger charge is 2.25. The lowest BCUT2D eigenvalue weighted by atomic mass is 10.2. The molecule has 1 rings (SSSR count). The summed E-state index contributed by atoms with van der Waals surface area (Å²) in [6, 6.07) is 0.272. The third-order valence-electron chi connectivity index (χ3n) is 2.24. The number of hydrogen-bond acceptors (Lipinski definition) is 2. The first-order valence-electron chi connectivity index (χ1n) is 4.43. The quantitative estimate of drug-likeness (QED) is 0.611. The molecule has 3 nitrogen and oxygen atoms in total. The number of likely N-dealkylation sites (tertiary alicyclic amines) is 1. The molecule has 0 radical (unpaired) electrons. The predicted molar refractivity (Wildman–Crippen MR) is 48.6 cm³/mol. The summed E-state index contributed by atoms with van der Waals surface area (Å²) in [5.41, 5.74) is 5.54. The van der Waals surface area contributed by atoms with E-state index < -0.39 is 0 Å². The predicted octanol–water partition coefficient (Wildman–Crippen LogP) is 0.512. The molecule has 1 unspecified atom stereocenters. The van der Waals surface area contributed by atoms with E-state index in [4.69, 9.17) is 5.73 Å². The van der Waals surface area contributed by atoms with E-state index in [0.29, 0.717) is 6.54 Å². The highest BCUT2D eigenvalue weighted by molar-refractivity contribution is 5.87. The van der Waals surface area contributed by atoms with Gasteiger partial charge in [-0.2, -0.15) is 0 Å². The Kier molecular flexibility index (Phi) is 3.29. The van der Waals surface area contributed by atoms with Crippen LogP contribution >= 0.6 is 0 Å². The number of carbonyl (C=O) groups is 1. The number of nitrogens with zero attached hydrogens (tertiary/aromatic N) is 1. The van der Waals surface area contributed by atoms with Gasteiger partial charge in [-0.1, -0.05) is 6.08 Å². The lowest BCUT2D eigenvalue weighted by Crippen LogP contribution is -2.38. The molecule has 1 amide bonds. The molecule has 68 valence electrons. The maximum Gasteiger partial charge on any atom is 0.246 e. The van der Waals surface area contributed by atoms with Crippen molar-refractivity contribution in [2.75, 3.05) is 13.1 Å². The van der Waals surface area contributed by atoms with Crippen molar-refractivity contribution in [1.82, 2.24) is 4.90 Å². The topological polar surface area (TPSA) is 46.3 Å². The standard InChI is InChI=1S/C9H16N2O/c1-2-4-9(12)11-6-3-5-8(11)7-10/h2,4,8H,3,5-7,10H2,1H3/b4-2+. The second-order valence-corrected chi connectivity index (χ2v) is 3.06. The molecule has 0 saturated carbocycles. The molecule has 1 fully saturated rings. The van der Waals surface area contributed by atoms with Crippen LogP contribution in [0.15, 0.2) is 12.2 Å². The van der Waals surface area contributed by atoms with Gasteiger partial charge in [-0.25, -0.2) is 0 Å². The normalized spacial score (nSPS) is 23.8. The first-order valence-corrected chi connectivity index (χ1v) is 4.43. The fraction of sp³-hybridized carbons (Fsp3) is 0.667. The Morgan fingerprint density at radius 1 is 1.75 bits per heavy atom. The Bertz CT molecular complexity index is 189. The van der Waals surface area contributed by atoms with E-state index in [1.165, 1.54) is 0 Å². The molecule has 1 aliphatic rings. The molecule has 1 aliphatic heterocycles. The van der Waals surface area contributed by atoms with E-state index in [9.17, 15) is 4.79 Å². The van der Waals surface area contributed by atoms with Gasteiger partial charge in [-0.05, 0) is 25.8 Å². The highest BCUT2D eigenvalue weighted by atomic mass is 16.2. The van der Waals surface area contributed by atoms with E-state index in [1.54, 1.807) is 12.2 Å². The Balaban J connectivity index is 2.55. The number of amides is 1. The van der Waals surface area contributed by atoms with Gasteiger partial charge < -0.3 is 10.6 Å². The van der Waals surface area contributed by atoms with Crippen LogP contribution in [0.2, 0.25) is 0 Å². The number of carbonyl (C=O) groups excluding carboxylic acids is 1. The van der Waals surface area contributed by atoms with Gasteiger partial charge in [0.2, 0.25) is 5.91 Å². The van der Waals surface area contributed by atoms with Crippen LogP contribution in [0.4, 0.5) is 0 Å². The molecule has 0 aromatic carbocycles. The smallest absolute Gasteiger partial charge is 0.246 e. The molecule has 2 N–H and O–H groups in total.